The van der Waals surface area contributed by atoms with Crippen molar-refractivity contribution in [1.82, 2.24) is 19.8 Å². The third-order valence-corrected chi connectivity index (χ3v) is 7.32. The maximum absolute atomic E-state index is 13.1. The van der Waals surface area contributed by atoms with Crippen LogP contribution in [0.5, 0.6) is 0 Å². The highest BCUT2D eigenvalue weighted by Crippen LogP contribution is 2.33. The SMILES string of the molecule is CN1CCN(C(=O)c2cc3c(ccc4cnc(Nc5cccc(C(C)(C)C)c5)nc43)s2)CC1. The lowest BCUT2D eigenvalue weighted by Gasteiger charge is -2.32. The smallest absolute Gasteiger partial charge is 0.264 e. The van der Waals surface area contributed by atoms with Gasteiger partial charge >= 0.3 is 0 Å². The summed E-state index contributed by atoms with van der Waals surface area (Å²) >= 11 is 1.54. The van der Waals surface area contributed by atoms with Crippen molar-refractivity contribution in [3.8, 4) is 0 Å². The molecule has 3 heterocycles. The zero-order valence-electron chi connectivity index (χ0n) is 19.6. The quantitative estimate of drug-likeness (QED) is 0.452. The minimum atomic E-state index is 0.0669. The van der Waals surface area contributed by atoms with E-state index in [-0.39, 0.29) is 11.3 Å². The number of nitrogens with zero attached hydrogens (tertiary/aromatic N) is 4. The van der Waals surface area contributed by atoms with Crippen molar-refractivity contribution in [3.63, 3.8) is 0 Å². The van der Waals surface area contributed by atoms with Gasteiger partial charge in [0.1, 0.15) is 0 Å². The third-order valence-electron chi connectivity index (χ3n) is 6.23. The van der Waals surface area contributed by atoms with E-state index in [0.29, 0.717) is 5.95 Å². The minimum Gasteiger partial charge on any atom is -0.335 e. The molecule has 2 aromatic heterocycles. The largest absolute Gasteiger partial charge is 0.335 e. The number of rotatable bonds is 3. The highest BCUT2D eigenvalue weighted by molar-refractivity contribution is 7.21. The predicted molar refractivity (Wildman–Crippen MR) is 137 cm³/mol. The molecule has 2 aromatic carbocycles. The number of piperazine rings is 1. The first kappa shape index (κ1) is 21.8. The van der Waals surface area contributed by atoms with Gasteiger partial charge in [0.25, 0.3) is 5.91 Å². The van der Waals surface area contributed by atoms with Gasteiger partial charge in [-0.3, -0.25) is 4.79 Å². The van der Waals surface area contributed by atoms with Gasteiger partial charge in [-0.05, 0) is 48.4 Å². The summed E-state index contributed by atoms with van der Waals surface area (Å²) in [5.41, 5.74) is 3.15. The number of anilines is 2. The van der Waals surface area contributed by atoms with E-state index in [1.165, 1.54) is 5.56 Å². The molecule has 6 nitrogen and oxygen atoms in total. The van der Waals surface area contributed by atoms with Crippen LogP contribution in [0.1, 0.15) is 36.0 Å². The molecule has 0 atom stereocenters. The summed E-state index contributed by atoms with van der Waals surface area (Å²) in [5.74, 6) is 0.669. The highest BCUT2D eigenvalue weighted by atomic mass is 32.1. The Balaban J connectivity index is 1.47. The standard InChI is InChI=1S/C26H29N5OS/c1-26(2,3)18-6-5-7-19(14-18)28-25-27-16-17-8-9-21-20(23(17)29-25)15-22(33-21)24(32)31-12-10-30(4)11-13-31/h5-9,14-16H,10-13H2,1-4H3,(H,27,28,29). The lowest BCUT2D eigenvalue weighted by molar-refractivity contribution is 0.0669. The molecule has 1 fully saturated rings. The first-order valence-electron chi connectivity index (χ1n) is 11.3. The maximum atomic E-state index is 13.1. The van der Waals surface area contributed by atoms with Crippen LogP contribution in [0.2, 0.25) is 0 Å². The summed E-state index contributed by atoms with van der Waals surface area (Å²) in [6.07, 6.45) is 1.84. The Labute approximate surface area is 198 Å². The van der Waals surface area contributed by atoms with Crippen molar-refractivity contribution in [1.29, 1.82) is 0 Å². The molecule has 170 valence electrons. The third kappa shape index (κ3) is 4.43. The molecule has 0 bridgehead atoms. The second kappa shape index (κ2) is 8.39. The van der Waals surface area contributed by atoms with Crippen molar-refractivity contribution < 1.29 is 4.79 Å². The van der Waals surface area contributed by atoms with E-state index in [1.54, 1.807) is 11.3 Å². The number of amides is 1. The summed E-state index contributed by atoms with van der Waals surface area (Å²) < 4.78 is 1.07. The van der Waals surface area contributed by atoms with Crippen LogP contribution >= 0.6 is 11.3 Å². The van der Waals surface area contributed by atoms with E-state index in [9.17, 15) is 4.79 Å². The van der Waals surface area contributed by atoms with Crippen LogP contribution in [0, 0.1) is 0 Å². The Morgan fingerprint density at radius 2 is 1.85 bits per heavy atom. The van der Waals surface area contributed by atoms with Gasteiger partial charge in [0.05, 0.1) is 10.4 Å². The van der Waals surface area contributed by atoms with Crippen LogP contribution in [0.25, 0.3) is 21.0 Å². The molecule has 4 aromatic rings. The average molecular weight is 460 g/mol. The van der Waals surface area contributed by atoms with Crippen LogP contribution in [-0.2, 0) is 5.41 Å². The zero-order valence-corrected chi connectivity index (χ0v) is 20.4. The second-order valence-electron chi connectivity index (χ2n) is 9.77. The number of fused-ring (bicyclic) bond motifs is 3. The van der Waals surface area contributed by atoms with Crippen LogP contribution in [0.15, 0.2) is 48.7 Å². The van der Waals surface area contributed by atoms with Gasteiger partial charge in [0.2, 0.25) is 5.95 Å². The molecule has 0 spiro atoms. The van der Waals surface area contributed by atoms with Gasteiger partial charge < -0.3 is 15.1 Å². The fourth-order valence-electron chi connectivity index (χ4n) is 4.13. The van der Waals surface area contributed by atoms with Crippen molar-refractivity contribution in [2.45, 2.75) is 26.2 Å². The summed E-state index contributed by atoms with van der Waals surface area (Å²) in [7, 11) is 2.10. The molecule has 0 unspecified atom stereocenters. The molecule has 1 N–H and O–H groups in total. The first-order chi connectivity index (χ1) is 15.8. The van der Waals surface area contributed by atoms with Gasteiger partial charge in [-0.25, -0.2) is 9.97 Å². The molecule has 0 radical (unpaired) electrons. The molecule has 5 rings (SSSR count). The molecular formula is C26H29N5OS. The number of nitrogens with one attached hydrogen (secondary N) is 1. The Hall–Kier alpha value is -3.03. The molecule has 0 saturated carbocycles. The lowest BCUT2D eigenvalue weighted by atomic mass is 9.87. The maximum Gasteiger partial charge on any atom is 0.264 e. The normalized spacial score (nSPS) is 15.3. The average Bonchev–Trinajstić information content (AvgIpc) is 3.24. The van der Waals surface area contributed by atoms with Gasteiger partial charge in [-0.15, -0.1) is 11.3 Å². The van der Waals surface area contributed by atoms with E-state index >= 15 is 0 Å². The number of carbonyl (C=O) groups excluding carboxylic acids is 1. The van der Waals surface area contributed by atoms with Crippen molar-refractivity contribution >= 4 is 49.9 Å². The number of thiophene rings is 1. The molecule has 1 amide bonds. The number of hydrogen-bond acceptors (Lipinski definition) is 6. The summed E-state index contributed by atoms with van der Waals surface area (Å²) in [6, 6.07) is 14.5. The highest BCUT2D eigenvalue weighted by Gasteiger charge is 2.22. The molecule has 1 saturated heterocycles. The van der Waals surface area contributed by atoms with Crippen LogP contribution < -0.4 is 5.32 Å². The molecule has 1 aliphatic heterocycles. The lowest BCUT2D eigenvalue weighted by Crippen LogP contribution is -2.46. The van der Waals surface area contributed by atoms with E-state index in [1.807, 2.05) is 29.3 Å². The summed E-state index contributed by atoms with van der Waals surface area (Å²) in [6.45, 7) is 9.98. The number of carbonyl (C=O) groups is 1. The number of aromatic nitrogens is 2. The van der Waals surface area contributed by atoms with E-state index in [0.717, 1.165) is 57.7 Å². The molecular weight excluding hydrogens is 430 g/mol. The van der Waals surface area contributed by atoms with Crippen LogP contribution in [-0.4, -0.2) is 58.9 Å². The minimum absolute atomic E-state index is 0.0669. The van der Waals surface area contributed by atoms with Gasteiger partial charge in [0, 0.05) is 53.5 Å². The van der Waals surface area contributed by atoms with Crippen molar-refractivity contribution in [2.24, 2.45) is 0 Å². The van der Waals surface area contributed by atoms with E-state index < -0.39 is 0 Å². The molecule has 7 heteroatoms. The van der Waals surface area contributed by atoms with E-state index in [4.69, 9.17) is 4.98 Å². The monoisotopic (exact) mass is 459 g/mol. The summed E-state index contributed by atoms with van der Waals surface area (Å²) in [5, 5.41) is 5.33. The molecule has 1 aliphatic rings. The fraction of sp³-hybridized carbons (Fsp3) is 0.346. The topological polar surface area (TPSA) is 61.4 Å². The zero-order chi connectivity index (χ0) is 23.2. The van der Waals surface area contributed by atoms with Crippen LogP contribution in [0.3, 0.4) is 0 Å². The summed E-state index contributed by atoms with van der Waals surface area (Å²) in [4.78, 5) is 27.5. The Morgan fingerprint density at radius 3 is 2.61 bits per heavy atom. The van der Waals surface area contributed by atoms with Gasteiger partial charge in [-0.2, -0.15) is 0 Å². The Bertz CT molecular complexity index is 1330. The fourth-order valence-corrected chi connectivity index (χ4v) is 5.16. The Kier molecular flexibility index (Phi) is 5.54. The van der Waals surface area contributed by atoms with Crippen LogP contribution in [0.4, 0.5) is 11.6 Å². The first-order valence-corrected chi connectivity index (χ1v) is 12.1. The van der Waals surface area contributed by atoms with Crippen molar-refractivity contribution in [2.75, 3.05) is 38.5 Å². The number of benzene rings is 2. The van der Waals surface area contributed by atoms with Gasteiger partial charge in [-0.1, -0.05) is 32.9 Å². The second-order valence-corrected chi connectivity index (χ2v) is 10.9. The molecule has 0 aliphatic carbocycles. The van der Waals surface area contributed by atoms with E-state index in [2.05, 4.69) is 67.3 Å². The number of hydrogen-bond donors (Lipinski definition) is 1. The number of likely N-dealkylation sites (N-methyl/N-ethyl adjacent to an activating group) is 1. The molecule has 33 heavy (non-hydrogen) atoms. The predicted octanol–water partition coefficient (Wildman–Crippen LogP) is 5.27. The van der Waals surface area contributed by atoms with Gasteiger partial charge in [0.15, 0.2) is 0 Å². The Morgan fingerprint density at radius 1 is 1.06 bits per heavy atom. The van der Waals surface area contributed by atoms with Crippen molar-refractivity contribution in [3.05, 3.63) is 59.1 Å².